The van der Waals surface area contributed by atoms with Gasteiger partial charge >= 0.3 is 0 Å². The molecule has 28 heavy (non-hydrogen) atoms. The van der Waals surface area contributed by atoms with Crippen molar-refractivity contribution in [3.8, 4) is 0 Å². The third kappa shape index (κ3) is 5.31. The molecule has 1 unspecified atom stereocenters. The molecule has 0 bridgehead atoms. The number of carbonyl (C=O) groups is 2. The number of aryl methyl sites for hydroxylation is 1. The molecule has 2 aromatic carbocycles. The Bertz CT molecular complexity index is 972. The Hall–Kier alpha value is -3.39. The molecule has 2 amide bonds. The highest BCUT2D eigenvalue weighted by atomic mass is 35.5. The molecule has 8 nitrogen and oxygen atoms in total. The van der Waals surface area contributed by atoms with Crippen LogP contribution in [0.15, 0.2) is 58.5 Å². The van der Waals surface area contributed by atoms with Crippen molar-refractivity contribution < 1.29 is 9.59 Å². The summed E-state index contributed by atoms with van der Waals surface area (Å²) in [6.07, 6.45) is -0.122. The SMILES string of the molecule is Cc1cccc(N/C(N)=N/C2=NC(CC(=O)Nc3cccc(Cl)c3)C(=O)N2)c1. The Morgan fingerprint density at radius 2 is 1.93 bits per heavy atom. The Kier molecular flexibility index (Phi) is 5.90. The number of aliphatic imine (C=N–C) groups is 2. The maximum Gasteiger partial charge on any atom is 0.252 e. The van der Waals surface area contributed by atoms with Crippen molar-refractivity contribution in [3.63, 3.8) is 0 Å². The number of nitrogens with two attached hydrogens (primary N) is 1. The van der Waals surface area contributed by atoms with Gasteiger partial charge in [0.05, 0.1) is 6.42 Å². The summed E-state index contributed by atoms with van der Waals surface area (Å²) in [5.74, 6) is -0.637. The summed E-state index contributed by atoms with van der Waals surface area (Å²) in [7, 11) is 0. The lowest BCUT2D eigenvalue weighted by molar-refractivity contribution is -0.123. The summed E-state index contributed by atoms with van der Waals surface area (Å²) in [5, 5.41) is 8.62. The van der Waals surface area contributed by atoms with Crippen LogP contribution in [0, 0.1) is 6.92 Å². The first-order chi connectivity index (χ1) is 13.4. The van der Waals surface area contributed by atoms with E-state index >= 15 is 0 Å². The van der Waals surface area contributed by atoms with Gasteiger partial charge in [-0.3, -0.25) is 14.9 Å². The van der Waals surface area contributed by atoms with E-state index in [1.54, 1.807) is 24.3 Å². The Morgan fingerprint density at radius 3 is 2.64 bits per heavy atom. The number of anilines is 2. The Morgan fingerprint density at radius 1 is 1.21 bits per heavy atom. The van der Waals surface area contributed by atoms with Crippen LogP contribution >= 0.6 is 11.6 Å². The van der Waals surface area contributed by atoms with Crippen LogP contribution in [0.4, 0.5) is 11.4 Å². The predicted octanol–water partition coefficient (Wildman–Crippen LogP) is 2.26. The molecule has 2 aromatic rings. The Labute approximate surface area is 166 Å². The van der Waals surface area contributed by atoms with E-state index in [4.69, 9.17) is 17.3 Å². The third-order valence-electron chi connectivity index (χ3n) is 3.82. The molecule has 0 spiro atoms. The number of rotatable bonds is 4. The number of hydrogen-bond donors (Lipinski definition) is 4. The smallest absolute Gasteiger partial charge is 0.252 e. The summed E-state index contributed by atoms with van der Waals surface area (Å²) in [4.78, 5) is 32.4. The summed E-state index contributed by atoms with van der Waals surface area (Å²) in [5.41, 5.74) is 8.24. The van der Waals surface area contributed by atoms with Crippen molar-refractivity contribution in [1.82, 2.24) is 5.32 Å². The molecule has 0 aliphatic carbocycles. The van der Waals surface area contributed by atoms with Gasteiger partial charge in [0.15, 0.2) is 0 Å². The predicted molar refractivity (Wildman–Crippen MR) is 110 cm³/mol. The van der Waals surface area contributed by atoms with E-state index in [1.807, 2.05) is 31.2 Å². The number of benzene rings is 2. The van der Waals surface area contributed by atoms with Gasteiger partial charge in [-0.2, -0.15) is 4.99 Å². The molecule has 1 aliphatic heterocycles. The van der Waals surface area contributed by atoms with Gasteiger partial charge in [0.1, 0.15) is 6.04 Å². The van der Waals surface area contributed by atoms with Crippen LogP contribution in [0.2, 0.25) is 5.02 Å². The minimum atomic E-state index is -0.871. The van der Waals surface area contributed by atoms with Crippen molar-refractivity contribution in [3.05, 3.63) is 59.1 Å². The number of halogens is 1. The quantitative estimate of drug-likeness (QED) is 0.466. The maximum atomic E-state index is 12.2. The summed E-state index contributed by atoms with van der Waals surface area (Å²) < 4.78 is 0. The van der Waals surface area contributed by atoms with E-state index in [-0.39, 0.29) is 24.2 Å². The third-order valence-corrected chi connectivity index (χ3v) is 4.05. The molecule has 0 radical (unpaired) electrons. The highest BCUT2D eigenvalue weighted by Gasteiger charge is 2.28. The van der Waals surface area contributed by atoms with Gasteiger partial charge in [-0.05, 0) is 42.8 Å². The van der Waals surface area contributed by atoms with E-state index in [1.165, 1.54) is 0 Å². The fourth-order valence-electron chi connectivity index (χ4n) is 2.59. The number of nitrogens with zero attached hydrogens (tertiary/aromatic N) is 2. The van der Waals surface area contributed by atoms with Gasteiger partial charge < -0.3 is 16.4 Å². The molecule has 1 aliphatic rings. The molecule has 1 atom stereocenters. The lowest BCUT2D eigenvalue weighted by Gasteiger charge is -2.07. The molecule has 0 fully saturated rings. The van der Waals surface area contributed by atoms with Gasteiger partial charge in [-0.15, -0.1) is 0 Å². The van der Waals surface area contributed by atoms with Gasteiger partial charge in [-0.25, -0.2) is 4.99 Å². The van der Waals surface area contributed by atoms with Crippen molar-refractivity contribution in [2.24, 2.45) is 15.7 Å². The van der Waals surface area contributed by atoms with Gasteiger partial charge in [0, 0.05) is 16.4 Å². The van der Waals surface area contributed by atoms with Crippen molar-refractivity contribution in [2.75, 3.05) is 10.6 Å². The van der Waals surface area contributed by atoms with Gasteiger partial charge in [-0.1, -0.05) is 29.8 Å². The van der Waals surface area contributed by atoms with Crippen LogP contribution in [-0.4, -0.2) is 29.8 Å². The second kappa shape index (κ2) is 8.53. The topological polar surface area (TPSA) is 121 Å². The highest BCUT2D eigenvalue weighted by molar-refractivity contribution is 6.30. The monoisotopic (exact) mass is 398 g/mol. The molecule has 3 rings (SSSR count). The number of carbonyl (C=O) groups excluding carboxylic acids is 2. The first-order valence-corrected chi connectivity index (χ1v) is 8.89. The van der Waals surface area contributed by atoms with Crippen LogP contribution in [-0.2, 0) is 9.59 Å². The number of amides is 2. The van der Waals surface area contributed by atoms with Crippen molar-refractivity contribution >= 4 is 46.7 Å². The lowest BCUT2D eigenvalue weighted by Crippen LogP contribution is -2.32. The minimum Gasteiger partial charge on any atom is -0.369 e. The Balaban J connectivity index is 1.61. The van der Waals surface area contributed by atoms with E-state index in [9.17, 15) is 9.59 Å². The van der Waals surface area contributed by atoms with E-state index < -0.39 is 11.9 Å². The number of guanidine groups is 2. The van der Waals surface area contributed by atoms with Gasteiger partial charge in [0.2, 0.25) is 17.8 Å². The molecular formula is C19H19ClN6O2. The fraction of sp³-hybridized carbons (Fsp3) is 0.158. The normalized spacial score (nSPS) is 16.4. The summed E-state index contributed by atoms with van der Waals surface area (Å²) >= 11 is 5.89. The van der Waals surface area contributed by atoms with E-state index in [0.29, 0.717) is 10.7 Å². The molecule has 144 valence electrons. The maximum absolute atomic E-state index is 12.2. The molecule has 5 N–H and O–H groups in total. The zero-order valence-corrected chi connectivity index (χ0v) is 15.8. The second-order valence-corrected chi connectivity index (χ2v) is 6.65. The average molecular weight is 399 g/mol. The molecule has 1 heterocycles. The molecule has 0 saturated heterocycles. The van der Waals surface area contributed by atoms with Crippen molar-refractivity contribution in [1.29, 1.82) is 0 Å². The van der Waals surface area contributed by atoms with Crippen LogP contribution < -0.4 is 21.7 Å². The molecular weight excluding hydrogens is 380 g/mol. The summed E-state index contributed by atoms with van der Waals surface area (Å²) in [6.45, 7) is 1.96. The molecule has 0 saturated carbocycles. The zero-order chi connectivity index (χ0) is 20.1. The zero-order valence-electron chi connectivity index (χ0n) is 15.1. The van der Waals surface area contributed by atoms with Crippen LogP contribution in [0.5, 0.6) is 0 Å². The van der Waals surface area contributed by atoms with E-state index in [2.05, 4.69) is 25.9 Å². The first kappa shape index (κ1) is 19.4. The standard InChI is InChI=1S/C19H19ClN6O2/c1-11-4-2-6-13(8-11)23-18(21)26-19-24-15(17(28)25-19)10-16(27)22-14-7-3-5-12(20)9-14/h2-9,15H,10H2,1H3,(H,22,27)(H4,21,23,24,25,26,28). The lowest BCUT2D eigenvalue weighted by atomic mass is 10.2. The second-order valence-electron chi connectivity index (χ2n) is 6.21. The fourth-order valence-corrected chi connectivity index (χ4v) is 2.78. The largest absolute Gasteiger partial charge is 0.369 e. The number of nitrogens with one attached hydrogen (secondary N) is 3. The first-order valence-electron chi connectivity index (χ1n) is 8.51. The highest BCUT2D eigenvalue weighted by Crippen LogP contribution is 2.16. The van der Waals surface area contributed by atoms with E-state index in [0.717, 1.165) is 11.3 Å². The van der Waals surface area contributed by atoms with Crippen molar-refractivity contribution in [2.45, 2.75) is 19.4 Å². The molecule has 9 heteroatoms. The van der Waals surface area contributed by atoms with Crippen LogP contribution in [0.25, 0.3) is 0 Å². The molecule has 0 aromatic heterocycles. The summed E-state index contributed by atoms with van der Waals surface area (Å²) in [6, 6.07) is 13.5. The van der Waals surface area contributed by atoms with Gasteiger partial charge in [0.25, 0.3) is 5.91 Å². The van der Waals surface area contributed by atoms with Crippen LogP contribution in [0.3, 0.4) is 0 Å². The number of hydrogen-bond acceptors (Lipinski definition) is 4. The average Bonchev–Trinajstić information content (AvgIpc) is 2.93. The van der Waals surface area contributed by atoms with Crippen LogP contribution in [0.1, 0.15) is 12.0 Å². The minimum absolute atomic E-state index is 0.0585.